The molecule has 2 aliphatic heterocycles. The second-order valence-corrected chi connectivity index (χ2v) is 23.0. The van der Waals surface area contributed by atoms with E-state index < -0.39 is 65.1 Å². The maximum absolute atomic E-state index is 14.7. The molecule has 402 valence electrons. The van der Waals surface area contributed by atoms with Crippen LogP contribution in [0, 0.1) is 10.8 Å². The van der Waals surface area contributed by atoms with Crippen LogP contribution in [-0.4, -0.2) is 136 Å². The van der Waals surface area contributed by atoms with Crippen LogP contribution < -0.4 is 37.2 Å². The predicted octanol–water partition coefficient (Wildman–Crippen LogP) is 3.10. The van der Waals surface area contributed by atoms with Crippen LogP contribution in [-0.2, 0) is 52.8 Å². The van der Waals surface area contributed by atoms with Gasteiger partial charge in [0.05, 0.1) is 35.9 Å². The average Bonchev–Trinajstić information content (AvgIpc) is 4.15. The third-order valence-corrected chi connectivity index (χ3v) is 15.5. The van der Waals surface area contributed by atoms with Crippen molar-refractivity contribution in [1.82, 2.24) is 62.0 Å². The molecular formula is C55H80N12O7. The summed E-state index contributed by atoms with van der Waals surface area (Å²) >= 11 is 0. The Morgan fingerprint density at radius 3 is 1.61 bits per heavy atom. The molecule has 7 rings (SSSR count). The summed E-state index contributed by atoms with van der Waals surface area (Å²) in [5.74, 6) is -2.35. The fraction of sp³-hybridized carbons (Fsp3) is 0.618. The first-order valence-electron chi connectivity index (χ1n) is 26.6. The number of amides is 7. The van der Waals surface area contributed by atoms with E-state index in [0.29, 0.717) is 5.69 Å². The van der Waals surface area contributed by atoms with E-state index in [2.05, 4.69) is 59.7 Å². The van der Waals surface area contributed by atoms with Crippen molar-refractivity contribution >= 4 is 41.4 Å². The Morgan fingerprint density at radius 2 is 1.12 bits per heavy atom. The van der Waals surface area contributed by atoms with E-state index >= 15 is 0 Å². The van der Waals surface area contributed by atoms with Gasteiger partial charge in [-0.05, 0) is 106 Å². The van der Waals surface area contributed by atoms with Crippen molar-refractivity contribution < 1.29 is 33.6 Å². The van der Waals surface area contributed by atoms with Gasteiger partial charge >= 0.3 is 0 Å². The molecule has 0 saturated carbocycles. The Bertz CT molecular complexity index is 2530. The Balaban J connectivity index is 1.05. The van der Waals surface area contributed by atoms with Gasteiger partial charge in [-0.25, -0.2) is 4.68 Å². The number of rotatable bonds is 17. The lowest BCUT2D eigenvalue weighted by Crippen LogP contribution is -2.59. The number of hydrogen-bond donors (Lipinski definition) is 7. The molecule has 19 heteroatoms. The molecule has 0 bridgehead atoms. The van der Waals surface area contributed by atoms with Gasteiger partial charge in [-0.15, -0.1) is 5.10 Å². The van der Waals surface area contributed by atoms with Gasteiger partial charge in [0.15, 0.2) is 0 Å². The molecule has 3 heterocycles. The van der Waals surface area contributed by atoms with E-state index in [1.807, 2.05) is 77.9 Å². The quantitative estimate of drug-likeness (QED) is 0.104. The number of benzene rings is 2. The van der Waals surface area contributed by atoms with Gasteiger partial charge < -0.3 is 47.0 Å². The zero-order valence-corrected chi connectivity index (χ0v) is 45.0. The lowest BCUT2D eigenvalue weighted by atomic mass is 9.85. The van der Waals surface area contributed by atoms with Gasteiger partial charge in [-0.1, -0.05) is 95.3 Å². The first kappa shape index (κ1) is 55.5. The highest BCUT2D eigenvalue weighted by Crippen LogP contribution is 2.35. The Hall–Kier alpha value is -6.21. The molecule has 2 fully saturated rings. The lowest BCUT2D eigenvalue weighted by Gasteiger charge is -2.36. The molecule has 0 unspecified atom stereocenters. The first-order valence-corrected chi connectivity index (χ1v) is 26.6. The van der Waals surface area contributed by atoms with Crippen LogP contribution in [0.25, 0.3) is 0 Å². The van der Waals surface area contributed by atoms with Crippen LogP contribution >= 0.6 is 0 Å². The van der Waals surface area contributed by atoms with Crippen LogP contribution in [0.15, 0.2) is 54.7 Å². The maximum Gasteiger partial charge on any atom is 0.246 e. The first-order chi connectivity index (χ1) is 35.1. The highest BCUT2D eigenvalue weighted by atomic mass is 16.2. The smallest absolute Gasteiger partial charge is 0.246 e. The number of carbonyl (C=O) groups is 7. The van der Waals surface area contributed by atoms with Crippen molar-refractivity contribution in [2.45, 2.75) is 180 Å². The van der Waals surface area contributed by atoms with Crippen LogP contribution in [0.2, 0.25) is 0 Å². The number of carbonyl (C=O) groups excluding carboxylic acids is 7. The second-order valence-electron chi connectivity index (χ2n) is 23.0. The Morgan fingerprint density at radius 1 is 0.649 bits per heavy atom. The monoisotopic (exact) mass is 1020 g/mol. The predicted molar refractivity (Wildman–Crippen MR) is 280 cm³/mol. The molecule has 0 spiro atoms. The van der Waals surface area contributed by atoms with Gasteiger partial charge in [0.25, 0.3) is 0 Å². The number of aryl methyl sites for hydroxylation is 3. The van der Waals surface area contributed by atoms with Crippen molar-refractivity contribution in [2.24, 2.45) is 10.8 Å². The number of nitrogens with one attached hydrogen (secondary N) is 7. The molecular weight excluding hydrogens is 941 g/mol. The summed E-state index contributed by atoms with van der Waals surface area (Å²) in [5.41, 5.74) is 3.64. The van der Waals surface area contributed by atoms with E-state index in [-0.39, 0.29) is 86.3 Å². The summed E-state index contributed by atoms with van der Waals surface area (Å²) in [6.07, 6.45) is 7.63. The molecule has 1 aromatic heterocycles. The SMILES string of the molecule is CN[C@@H](C)C(=O)N[C@H](C(=O)N1C[C@@H](NC(=O)CCc2cn([C@H]3C[C@@H](C(=O)N[C@@H]4CCCc5ccccc54)N(C(=O)[C@@H](NC(=O)[C@H](C)NC)C(C)(C)C)C3)nn2)C[C@H]1C(=O)N[C@@H]1CCCc2ccccc21)C(C)(C)C. The summed E-state index contributed by atoms with van der Waals surface area (Å²) in [6.45, 7) is 14.9. The summed E-state index contributed by atoms with van der Waals surface area (Å²) in [4.78, 5) is 101. The maximum atomic E-state index is 14.7. The van der Waals surface area contributed by atoms with E-state index in [1.54, 1.807) is 43.7 Å². The average molecular weight is 1020 g/mol. The van der Waals surface area contributed by atoms with Crippen LogP contribution in [0.4, 0.5) is 0 Å². The third-order valence-electron chi connectivity index (χ3n) is 15.5. The van der Waals surface area contributed by atoms with Gasteiger partial charge in [0.1, 0.15) is 24.2 Å². The number of fused-ring (bicyclic) bond motifs is 2. The van der Waals surface area contributed by atoms with E-state index in [1.165, 1.54) is 16.0 Å². The van der Waals surface area contributed by atoms with E-state index in [9.17, 15) is 33.6 Å². The normalized spacial score (nSPS) is 23.3. The van der Waals surface area contributed by atoms with Crippen molar-refractivity contribution in [3.05, 3.63) is 82.7 Å². The van der Waals surface area contributed by atoms with Gasteiger partial charge in [-0.3, -0.25) is 33.6 Å². The molecule has 4 aliphatic rings. The summed E-state index contributed by atoms with van der Waals surface area (Å²) in [6, 6.07) is 9.97. The van der Waals surface area contributed by atoms with Crippen molar-refractivity contribution in [3.8, 4) is 0 Å². The summed E-state index contributed by atoms with van der Waals surface area (Å²) < 4.78 is 1.65. The topological polar surface area (TPSA) is 241 Å². The van der Waals surface area contributed by atoms with Crippen molar-refractivity contribution in [1.29, 1.82) is 0 Å². The summed E-state index contributed by atoms with van der Waals surface area (Å²) in [5, 5.41) is 30.2. The fourth-order valence-corrected chi connectivity index (χ4v) is 10.8. The van der Waals surface area contributed by atoms with E-state index in [0.717, 1.165) is 49.7 Å². The van der Waals surface area contributed by atoms with Crippen LogP contribution in [0.3, 0.4) is 0 Å². The number of likely N-dealkylation sites (tertiary alicyclic amines) is 2. The highest BCUT2D eigenvalue weighted by Gasteiger charge is 2.48. The van der Waals surface area contributed by atoms with Crippen LogP contribution in [0.5, 0.6) is 0 Å². The van der Waals surface area contributed by atoms with E-state index in [4.69, 9.17) is 0 Å². The fourth-order valence-electron chi connectivity index (χ4n) is 10.8. The minimum atomic E-state index is -0.953. The molecule has 7 amide bonds. The lowest BCUT2D eigenvalue weighted by molar-refractivity contribution is -0.144. The van der Waals surface area contributed by atoms with Crippen LogP contribution in [0.1, 0.15) is 146 Å². The number of aromatic nitrogens is 3. The Kier molecular flexibility index (Phi) is 17.7. The highest BCUT2D eigenvalue weighted by molar-refractivity contribution is 5.95. The number of hydrogen-bond acceptors (Lipinski definition) is 11. The minimum Gasteiger partial charge on any atom is -0.351 e. The summed E-state index contributed by atoms with van der Waals surface area (Å²) in [7, 11) is 3.34. The molecule has 3 aromatic rings. The molecule has 0 radical (unpaired) electrons. The molecule has 74 heavy (non-hydrogen) atoms. The molecule has 2 saturated heterocycles. The molecule has 7 N–H and O–H groups in total. The van der Waals surface area contributed by atoms with Gasteiger partial charge in [-0.2, -0.15) is 0 Å². The third kappa shape index (κ3) is 13.0. The molecule has 19 nitrogen and oxygen atoms in total. The zero-order valence-electron chi connectivity index (χ0n) is 45.0. The molecule has 10 atom stereocenters. The number of likely N-dealkylation sites (N-methyl/N-ethyl adjacent to an activating group) is 2. The zero-order chi connectivity index (χ0) is 53.6. The molecule has 2 aromatic carbocycles. The standard InChI is InChI=1S/C55H80N12O7/c1-32(56-9)48(69)61-46(54(3,4)5)52(73)65-29-37(27-43(65)50(71)59-41-23-15-19-34-17-11-13-21-39(34)41)58-45(68)26-25-36-30-67(64-63-36)38-28-44(51(72)60-42-24-16-20-35-18-12-14-22-40(35)42)66(31-38)53(74)47(55(6,7)8)62-49(70)33(2)57-10/h11-14,17-18,21-22,30,32-33,37-38,41-44,46-47,56-57H,15-16,19-20,23-29,31H2,1-10H3,(H,58,68)(H,59,71)(H,60,72)(H,61,69)(H,62,70)/t32-,33-,37-,38-,41+,42+,43-,44-,46+,47+/m0/s1. The Labute approximate surface area is 436 Å². The largest absolute Gasteiger partial charge is 0.351 e. The van der Waals surface area contributed by atoms with Gasteiger partial charge in [0.2, 0.25) is 41.4 Å². The number of nitrogens with zero attached hydrogens (tertiary/aromatic N) is 5. The van der Waals surface area contributed by atoms with Crippen molar-refractivity contribution in [2.75, 3.05) is 27.2 Å². The van der Waals surface area contributed by atoms with Gasteiger partial charge in [0, 0.05) is 44.6 Å². The molecule has 2 aliphatic carbocycles. The van der Waals surface area contributed by atoms with Crippen molar-refractivity contribution in [3.63, 3.8) is 0 Å². The minimum absolute atomic E-state index is 0.0304. The second kappa shape index (κ2) is 23.6.